The van der Waals surface area contributed by atoms with E-state index in [1.165, 1.54) is 0 Å². The molecule has 1 aromatic carbocycles. The van der Waals surface area contributed by atoms with Crippen molar-refractivity contribution in [1.82, 2.24) is 10.6 Å². The van der Waals surface area contributed by atoms with Crippen molar-refractivity contribution in [2.24, 2.45) is 5.41 Å². The number of nitrogen functional groups attached to an aromatic ring is 1. The summed E-state index contributed by atoms with van der Waals surface area (Å²) in [6.45, 7) is 4.35. The number of morpholine rings is 1. The first-order valence-corrected chi connectivity index (χ1v) is 8.30. The lowest BCUT2D eigenvalue weighted by molar-refractivity contribution is -0.153. The number of amides is 4. The quantitative estimate of drug-likeness (QED) is 0.456. The number of carbonyl (C=O) groups excluding carboxylic acids is 3. The second-order valence-electron chi connectivity index (χ2n) is 7.02. The van der Waals surface area contributed by atoms with E-state index in [-0.39, 0.29) is 18.6 Å². The molecule has 3 aliphatic rings. The number of benzene rings is 1. The highest BCUT2D eigenvalue weighted by molar-refractivity contribution is 6.20. The minimum atomic E-state index is -1.44. The summed E-state index contributed by atoms with van der Waals surface area (Å²) in [4.78, 5) is 39.3. The normalized spacial score (nSPS) is 30.4. The van der Waals surface area contributed by atoms with E-state index in [2.05, 4.69) is 10.6 Å². The van der Waals surface area contributed by atoms with Gasteiger partial charge in [0.25, 0.3) is 0 Å². The van der Waals surface area contributed by atoms with Crippen molar-refractivity contribution in [1.29, 1.82) is 0 Å². The lowest BCUT2D eigenvalue weighted by Crippen LogP contribution is -2.75. The molecule has 132 valence electrons. The third kappa shape index (κ3) is 2.13. The Kier molecular flexibility index (Phi) is 3.30. The zero-order valence-electron chi connectivity index (χ0n) is 14.0. The van der Waals surface area contributed by atoms with Crippen LogP contribution in [0, 0.1) is 5.41 Å². The molecule has 0 saturated carbocycles. The van der Waals surface area contributed by atoms with Crippen LogP contribution in [0.25, 0.3) is 0 Å². The molecule has 8 heteroatoms. The molecule has 3 atom stereocenters. The smallest absolute Gasteiger partial charge is 0.328 e. The molecule has 0 aromatic heterocycles. The maximum absolute atomic E-state index is 12.9. The number of hydrogen-bond acceptors (Lipinski definition) is 6. The van der Waals surface area contributed by atoms with Crippen LogP contribution in [0.2, 0.25) is 0 Å². The lowest BCUT2D eigenvalue weighted by Gasteiger charge is -2.55. The summed E-state index contributed by atoms with van der Waals surface area (Å²) >= 11 is 0. The van der Waals surface area contributed by atoms with Crippen molar-refractivity contribution in [3.63, 3.8) is 0 Å². The lowest BCUT2D eigenvalue weighted by atomic mass is 9.66. The molecule has 3 aliphatic heterocycles. The standard InChI is InChI=1S/C17H20N4O4/c1-8-7-21-12-4-3-11(18)5-10(12)6-17(13(21)9(2)25-8)14(22)19-16(24)20-15(17)23/h3-5,8-9,13H,6-7,18H2,1-2H3,(H2,19,20,22,23,24)/t8-,9+,13-/m1/s1. The Bertz CT molecular complexity index is 773. The number of carbonyl (C=O) groups is 3. The summed E-state index contributed by atoms with van der Waals surface area (Å²) < 4.78 is 5.93. The van der Waals surface area contributed by atoms with Crippen LogP contribution >= 0.6 is 0 Å². The number of anilines is 2. The maximum Gasteiger partial charge on any atom is 0.328 e. The summed E-state index contributed by atoms with van der Waals surface area (Å²) in [5.74, 6) is -1.18. The Morgan fingerprint density at radius 3 is 2.56 bits per heavy atom. The van der Waals surface area contributed by atoms with Gasteiger partial charge in [0, 0.05) is 17.9 Å². The molecule has 8 nitrogen and oxygen atoms in total. The van der Waals surface area contributed by atoms with Gasteiger partial charge < -0.3 is 15.4 Å². The topological polar surface area (TPSA) is 114 Å². The fourth-order valence-electron chi connectivity index (χ4n) is 4.47. The molecule has 4 amide bonds. The first kappa shape index (κ1) is 15.9. The molecule has 0 unspecified atom stereocenters. The van der Waals surface area contributed by atoms with E-state index < -0.39 is 29.3 Å². The van der Waals surface area contributed by atoms with Crippen LogP contribution < -0.4 is 21.3 Å². The molecular formula is C17H20N4O4. The molecule has 0 radical (unpaired) electrons. The van der Waals surface area contributed by atoms with Gasteiger partial charge in [-0.3, -0.25) is 20.2 Å². The van der Waals surface area contributed by atoms with Crippen molar-refractivity contribution in [3.8, 4) is 0 Å². The van der Waals surface area contributed by atoms with Gasteiger partial charge in [0.1, 0.15) is 0 Å². The number of fused-ring (bicyclic) bond motifs is 4. The number of nitrogens with zero attached hydrogens (tertiary/aromatic N) is 1. The Morgan fingerprint density at radius 2 is 1.88 bits per heavy atom. The van der Waals surface area contributed by atoms with E-state index in [0.717, 1.165) is 11.3 Å². The molecule has 0 aliphatic carbocycles. The molecule has 4 N–H and O–H groups in total. The average Bonchev–Trinajstić information content (AvgIpc) is 2.51. The molecule has 2 fully saturated rings. The summed E-state index contributed by atoms with van der Waals surface area (Å²) in [6, 6.07) is 4.22. The fraction of sp³-hybridized carbons (Fsp3) is 0.471. The molecule has 1 aromatic rings. The van der Waals surface area contributed by atoms with Gasteiger partial charge in [-0.1, -0.05) is 0 Å². The molecular weight excluding hydrogens is 324 g/mol. The van der Waals surface area contributed by atoms with E-state index in [0.29, 0.717) is 12.2 Å². The number of barbiturate groups is 1. The van der Waals surface area contributed by atoms with E-state index in [9.17, 15) is 14.4 Å². The minimum absolute atomic E-state index is 0.0526. The van der Waals surface area contributed by atoms with E-state index >= 15 is 0 Å². The third-order valence-corrected chi connectivity index (χ3v) is 5.33. The first-order chi connectivity index (χ1) is 11.8. The second kappa shape index (κ2) is 5.19. The highest BCUT2D eigenvalue weighted by Gasteiger charge is 2.62. The van der Waals surface area contributed by atoms with Gasteiger partial charge >= 0.3 is 6.03 Å². The summed E-state index contributed by atoms with van der Waals surface area (Å²) in [5, 5.41) is 4.51. The van der Waals surface area contributed by atoms with Crippen LogP contribution in [-0.2, 0) is 20.7 Å². The Morgan fingerprint density at radius 1 is 1.20 bits per heavy atom. The van der Waals surface area contributed by atoms with Crippen LogP contribution in [-0.4, -0.2) is 42.6 Å². The van der Waals surface area contributed by atoms with Crippen molar-refractivity contribution in [3.05, 3.63) is 23.8 Å². The Labute approximate surface area is 144 Å². The van der Waals surface area contributed by atoms with Crippen LogP contribution in [0.3, 0.4) is 0 Å². The average molecular weight is 344 g/mol. The van der Waals surface area contributed by atoms with E-state index in [4.69, 9.17) is 10.5 Å². The number of hydrogen-bond donors (Lipinski definition) is 3. The summed E-state index contributed by atoms with van der Waals surface area (Å²) in [6.07, 6.45) is -0.246. The second-order valence-corrected chi connectivity index (χ2v) is 7.02. The molecule has 25 heavy (non-hydrogen) atoms. The highest BCUT2D eigenvalue weighted by Crippen LogP contribution is 2.46. The monoisotopic (exact) mass is 344 g/mol. The van der Waals surface area contributed by atoms with Gasteiger partial charge in [-0.25, -0.2) is 4.79 Å². The molecule has 4 rings (SSSR count). The first-order valence-electron chi connectivity index (χ1n) is 8.30. The predicted molar refractivity (Wildman–Crippen MR) is 89.8 cm³/mol. The van der Waals surface area contributed by atoms with Gasteiger partial charge in [-0.05, 0) is 44.0 Å². The van der Waals surface area contributed by atoms with Gasteiger partial charge in [0.15, 0.2) is 5.41 Å². The minimum Gasteiger partial charge on any atom is -0.399 e. The van der Waals surface area contributed by atoms with Crippen LogP contribution in [0.1, 0.15) is 19.4 Å². The number of nitrogens with one attached hydrogen (secondary N) is 2. The largest absolute Gasteiger partial charge is 0.399 e. The number of rotatable bonds is 0. The highest BCUT2D eigenvalue weighted by atomic mass is 16.5. The maximum atomic E-state index is 12.9. The summed E-state index contributed by atoms with van der Waals surface area (Å²) in [5.41, 5.74) is 6.81. The molecule has 3 heterocycles. The van der Waals surface area contributed by atoms with Crippen molar-refractivity contribution < 1.29 is 19.1 Å². The van der Waals surface area contributed by atoms with Crippen molar-refractivity contribution in [2.45, 2.75) is 38.5 Å². The van der Waals surface area contributed by atoms with Crippen LogP contribution in [0.5, 0.6) is 0 Å². The van der Waals surface area contributed by atoms with Gasteiger partial charge in [-0.15, -0.1) is 0 Å². The Hall–Kier alpha value is -2.61. The van der Waals surface area contributed by atoms with Crippen molar-refractivity contribution in [2.75, 3.05) is 17.2 Å². The number of imide groups is 2. The molecule has 1 spiro atoms. The Balaban J connectivity index is 1.92. The third-order valence-electron chi connectivity index (χ3n) is 5.33. The molecule has 0 bridgehead atoms. The zero-order valence-corrected chi connectivity index (χ0v) is 14.0. The van der Waals surface area contributed by atoms with E-state index in [1.54, 1.807) is 6.07 Å². The number of urea groups is 1. The van der Waals surface area contributed by atoms with Crippen LogP contribution in [0.4, 0.5) is 16.2 Å². The van der Waals surface area contributed by atoms with Gasteiger partial charge in [0.2, 0.25) is 11.8 Å². The molecule has 2 saturated heterocycles. The zero-order chi connectivity index (χ0) is 17.9. The van der Waals surface area contributed by atoms with Gasteiger partial charge in [0.05, 0.1) is 18.2 Å². The van der Waals surface area contributed by atoms with E-state index in [1.807, 2.05) is 30.9 Å². The predicted octanol–water partition coefficient (Wildman–Crippen LogP) is 0.160. The number of nitrogens with two attached hydrogens (primary N) is 1. The SMILES string of the molecule is C[C@@H]1CN2c3ccc(N)cc3CC3(C(=O)NC(=O)NC3=O)[C@H]2[C@H](C)O1. The van der Waals surface area contributed by atoms with Crippen LogP contribution in [0.15, 0.2) is 18.2 Å². The van der Waals surface area contributed by atoms with Gasteiger partial charge in [-0.2, -0.15) is 0 Å². The summed E-state index contributed by atoms with van der Waals surface area (Å²) in [7, 11) is 0. The number of ether oxygens (including phenoxy) is 1. The van der Waals surface area contributed by atoms with Crippen molar-refractivity contribution >= 4 is 29.2 Å². The fourth-order valence-corrected chi connectivity index (χ4v) is 4.47.